The van der Waals surface area contributed by atoms with E-state index < -0.39 is 6.10 Å². The third kappa shape index (κ3) is 3.21. The number of methoxy groups -OCH3 is 1. The topological polar surface area (TPSA) is 45.6 Å². The lowest BCUT2D eigenvalue weighted by molar-refractivity contribution is 0.169. The predicted octanol–water partition coefficient (Wildman–Crippen LogP) is 2.14. The van der Waals surface area contributed by atoms with Crippen LogP contribution in [0.25, 0.3) is 0 Å². The van der Waals surface area contributed by atoms with E-state index in [0.717, 1.165) is 24.5 Å². The minimum atomic E-state index is -0.451. The molecule has 0 bridgehead atoms. The summed E-state index contributed by atoms with van der Waals surface area (Å²) >= 11 is 0. The summed E-state index contributed by atoms with van der Waals surface area (Å²) in [6.45, 7) is 3.59. The molecular weight excluding hydrogens is 228 g/mol. The quantitative estimate of drug-likeness (QED) is 0.805. The van der Waals surface area contributed by atoms with Crippen molar-refractivity contribution in [2.75, 3.05) is 25.2 Å². The molecule has 0 aromatic carbocycles. The van der Waals surface area contributed by atoms with Crippen LogP contribution in [0.3, 0.4) is 0 Å². The molecule has 0 aliphatic heterocycles. The highest BCUT2D eigenvalue weighted by molar-refractivity contribution is 5.47. The summed E-state index contributed by atoms with van der Waals surface area (Å²) in [7, 11) is 1.73. The third-order valence-electron chi connectivity index (χ3n) is 3.35. The Balaban J connectivity index is 2.05. The molecule has 1 atom stereocenters. The maximum atomic E-state index is 9.73. The average Bonchev–Trinajstić information content (AvgIpc) is 3.24. The van der Waals surface area contributed by atoms with Gasteiger partial charge in [0.05, 0.1) is 30.3 Å². The zero-order valence-corrected chi connectivity index (χ0v) is 11.2. The molecule has 1 aliphatic rings. The Morgan fingerprint density at radius 1 is 1.50 bits per heavy atom. The first kappa shape index (κ1) is 13.3. The highest BCUT2D eigenvalue weighted by atomic mass is 16.5. The van der Waals surface area contributed by atoms with Gasteiger partial charge in [0.1, 0.15) is 0 Å². The van der Waals surface area contributed by atoms with Gasteiger partial charge in [-0.25, -0.2) is 0 Å². The summed E-state index contributed by atoms with van der Waals surface area (Å²) < 4.78 is 5.15. The van der Waals surface area contributed by atoms with Crippen LogP contribution in [0.15, 0.2) is 18.3 Å². The number of rotatable bonds is 7. The number of hydrogen-bond donors (Lipinski definition) is 1. The lowest BCUT2D eigenvalue weighted by Gasteiger charge is -2.24. The number of ether oxygens (including phenoxy) is 1. The first-order valence-electron chi connectivity index (χ1n) is 6.65. The van der Waals surface area contributed by atoms with E-state index in [2.05, 4.69) is 16.0 Å². The van der Waals surface area contributed by atoms with E-state index in [4.69, 9.17) is 4.74 Å². The number of pyridine rings is 1. The highest BCUT2D eigenvalue weighted by Gasteiger charge is 2.29. The second kappa shape index (κ2) is 6.16. The normalized spacial score (nSPS) is 16.6. The van der Waals surface area contributed by atoms with Crippen molar-refractivity contribution in [3.8, 4) is 0 Å². The Kier molecular flexibility index (Phi) is 4.55. The Morgan fingerprint density at radius 2 is 2.28 bits per heavy atom. The summed E-state index contributed by atoms with van der Waals surface area (Å²) in [5, 5.41) is 9.73. The minimum absolute atomic E-state index is 0.451. The molecule has 1 N–H and O–H groups in total. The first-order chi connectivity index (χ1) is 8.76. The summed E-state index contributed by atoms with van der Waals surface area (Å²) in [4.78, 5) is 6.70. The number of aliphatic hydroxyl groups excluding tert-OH is 1. The summed E-state index contributed by atoms with van der Waals surface area (Å²) in [6.07, 6.45) is 4.61. The molecule has 1 aromatic rings. The Labute approximate surface area is 109 Å². The fraction of sp³-hybridized carbons (Fsp3) is 0.643. The Hall–Kier alpha value is -1.13. The number of anilines is 1. The molecule has 0 radical (unpaired) electrons. The van der Waals surface area contributed by atoms with Crippen molar-refractivity contribution in [2.24, 2.45) is 0 Å². The second-order valence-corrected chi connectivity index (χ2v) is 4.78. The molecular formula is C14H22N2O2. The summed E-state index contributed by atoms with van der Waals surface area (Å²) in [6, 6.07) is 4.62. The second-order valence-electron chi connectivity index (χ2n) is 4.78. The van der Waals surface area contributed by atoms with Gasteiger partial charge in [-0.1, -0.05) is 6.92 Å². The molecule has 1 fully saturated rings. The standard InChI is InChI=1S/C14H22N2O2/c1-3-14(17)13-7-6-12(10-15-13)16(8-9-18-2)11-4-5-11/h6-7,10-11,14,17H,3-5,8-9H2,1-2H3. The van der Waals surface area contributed by atoms with Gasteiger partial charge in [0, 0.05) is 19.7 Å². The van der Waals surface area contributed by atoms with E-state index in [1.54, 1.807) is 7.11 Å². The lowest BCUT2D eigenvalue weighted by Crippen LogP contribution is -2.29. The molecule has 1 heterocycles. The van der Waals surface area contributed by atoms with Crippen LogP contribution in [0.1, 0.15) is 38.0 Å². The fourth-order valence-corrected chi connectivity index (χ4v) is 2.07. The molecule has 1 unspecified atom stereocenters. The van der Waals surface area contributed by atoms with Gasteiger partial charge in [0.25, 0.3) is 0 Å². The van der Waals surface area contributed by atoms with E-state index in [1.165, 1.54) is 12.8 Å². The van der Waals surface area contributed by atoms with Crippen molar-refractivity contribution in [3.63, 3.8) is 0 Å². The lowest BCUT2D eigenvalue weighted by atomic mass is 10.2. The van der Waals surface area contributed by atoms with Crippen LogP contribution < -0.4 is 4.90 Å². The highest BCUT2D eigenvalue weighted by Crippen LogP contribution is 2.31. The van der Waals surface area contributed by atoms with Gasteiger partial charge in [-0.05, 0) is 31.4 Å². The van der Waals surface area contributed by atoms with Crippen LogP contribution in [0.4, 0.5) is 5.69 Å². The molecule has 1 aliphatic carbocycles. The van der Waals surface area contributed by atoms with Gasteiger partial charge in [-0.2, -0.15) is 0 Å². The monoisotopic (exact) mass is 250 g/mol. The molecule has 2 rings (SSSR count). The van der Waals surface area contributed by atoms with E-state index in [-0.39, 0.29) is 0 Å². The van der Waals surface area contributed by atoms with Crippen molar-refractivity contribution in [3.05, 3.63) is 24.0 Å². The van der Waals surface area contributed by atoms with Gasteiger partial charge in [0.2, 0.25) is 0 Å². The van der Waals surface area contributed by atoms with Crippen LogP contribution in [0.5, 0.6) is 0 Å². The molecule has 1 aromatic heterocycles. The van der Waals surface area contributed by atoms with Gasteiger partial charge in [0.15, 0.2) is 0 Å². The van der Waals surface area contributed by atoms with Gasteiger partial charge < -0.3 is 14.7 Å². The maximum absolute atomic E-state index is 9.73. The van der Waals surface area contributed by atoms with Crippen LogP contribution in [0, 0.1) is 0 Å². The van der Waals surface area contributed by atoms with Gasteiger partial charge >= 0.3 is 0 Å². The van der Waals surface area contributed by atoms with Crippen molar-refractivity contribution >= 4 is 5.69 Å². The molecule has 100 valence electrons. The smallest absolute Gasteiger partial charge is 0.0957 e. The number of aliphatic hydroxyl groups is 1. The molecule has 0 amide bonds. The summed E-state index contributed by atoms with van der Waals surface area (Å²) in [5.74, 6) is 0. The van der Waals surface area contributed by atoms with Crippen LogP contribution >= 0.6 is 0 Å². The summed E-state index contributed by atoms with van der Waals surface area (Å²) in [5.41, 5.74) is 1.88. The number of nitrogens with zero attached hydrogens (tertiary/aromatic N) is 2. The van der Waals surface area contributed by atoms with Crippen LogP contribution in [-0.2, 0) is 4.74 Å². The maximum Gasteiger partial charge on any atom is 0.0957 e. The molecule has 0 spiro atoms. The van der Waals surface area contributed by atoms with Crippen molar-refractivity contribution < 1.29 is 9.84 Å². The third-order valence-corrected chi connectivity index (χ3v) is 3.35. The molecule has 4 heteroatoms. The fourth-order valence-electron chi connectivity index (χ4n) is 2.07. The van der Waals surface area contributed by atoms with Gasteiger partial charge in [-0.3, -0.25) is 4.98 Å². The zero-order chi connectivity index (χ0) is 13.0. The number of aromatic nitrogens is 1. The predicted molar refractivity (Wildman–Crippen MR) is 71.7 cm³/mol. The van der Waals surface area contributed by atoms with E-state index in [1.807, 2.05) is 19.2 Å². The van der Waals surface area contributed by atoms with Crippen molar-refractivity contribution in [1.82, 2.24) is 4.98 Å². The Morgan fingerprint density at radius 3 is 2.78 bits per heavy atom. The Bertz CT molecular complexity index is 363. The largest absolute Gasteiger partial charge is 0.387 e. The molecule has 18 heavy (non-hydrogen) atoms. The minimum Gasteiger partial charge on any atom is -0.387 e. The average molecular weight is 250 g/mol. The van der Waals surface area contributed by atoms with Crippen LogP contribution in [0.2, 0.25) is 0 Å². The molecule has 1 saturated carbocycles. The van der Waals surface area contributed by atoms with Crippen LogP contribution in [-0.4, -0.2) is 36.4 Å². The molecule has 4 nitrogen and oxygen atoms in total. The first-order valence-corrected chi connectivity index (χ1v) is 6.65. The van der Waals surface area contributed by atoms with E-state index in [0.29, 0.717) is 12.5 Å². The molecule has 0 saturated heterocycles. The van der Waals surface area contributed by atoms with Gasteiger partial charge in [-0.15, -0.1) is 0 Å². The van der Waals surface area contributed by atoms with E-state index >= 15 is 0 Å². The SMILES string of the molecule is CCC(O)c1ccc(N(CCOC)C2CC2)cn1. The van der Waals surface area contributed by atoms with E-state index in [9.17, 15) is 5.11 Å². The number of hydrogen-bond acceptors (Lipinski definition) is 4. The van der Waals surface area contributed by atoms with Crippen molar-refractivity contribution in [2.45, 2.75) is 38.3 Å². The zero-order valence-electron chi connectivity index (χ0n) is 11.2. The van der Waals surface area contributed by atoms with Crippen molar-refractivity contribution in [1.29, 1.82) is 0 Å².